The van der Waals surface area contributed by atoms with E-state index in [4.69, 9.17) is 4.42 Å². The van der Waals surface area contributed by atoms with Gasteiger partial charge in [0.1, 0.15) is 6.17 Å². The molecule has 2 atom stereocenters. The quantitative estimate of drug-likeness (QED) is 0.620. The summed E-state index contributed by atoms with van der Waals surface area (Å²) in [5.74, 6) is -0.325. The van der Waals surface area contributed by atoms with Crippen molar-refractivity contribution in [3.63, 3.8) is 0 Å². The molecule has 1 aliphatic heterocycles. The second-order valence-corrected chi connectivity index (χ2v) is 7.87. The molecular formula is C21H23FN6O3. The maximum Gasteiger partial charge on any atom is 0.276 e. The number of hydrogen-bond donors (Lipinski definition) is 0. The highest BCUT2D eigenvalue weighted by molar-refractivity contribution is 5.98. The van der Waals surface area contributed by atoms with Gasteiger partial charge in [0.15, 0.2) is 23.5 Å². The molecule has 2 aromatic heterocycles. The number of nitrogens with zero attached hydrogens (tertiary/aromatic N) is 6. The molecule has 9 nitrogen and oxygen atoms in total. The van der Waals surface area contributed by atoms with Gasteiger partial charge in [-0.25, -0.2) is 14.1 Å². The molecule has 4 rings (SSSR count). The molecule has 0 unspecified atom stereocenters. The van der Waals surface area contributed by atoms with Crippen LogP contribution >= 0.6 is 0 Å². The van der Waals surface area contributed by atoms with Crippen LogP contribution in [0.5, 0.6) is 0 Å². The number of likely N-dealkylation sites (tertiary alicyclic amines) is 1. The summed E-state index contributed by atoms with van der Waals surface area (Å²) in [7, 11) is 3.24. The molecule has 0 N–H and O–H groups in total. The van der Waals surface area contributed by atoms with Crippen molar-refractivity contribution >= 4 is 11.8 Å². The van der Waals surface area contributed by atoms with Gasteiger partial charge in [-0.3, -0.25) is 9.59 Å². The number of amides is 2. The fraction of sp³-hybridized carbons (Fsp3) is 0.381. The highest BCUT2D eigenvalue weighted by atomic mass is 19.1. The number of hydrogen-bond acceptors (Lipinski definition) is 6. The summed E-state index contributed by atoms with van der Waals surface area (Å²) in [4.78, 5) is 32.3. The standard InChI is InChI=1S/C21H23FN6O3/c1-13-5-4-6-14(7-13)19-18(23-12-31-19)21(30)28-9-15(22)8-16(28)10-27-11-17(24-25-27)20(29)26(2)3/h4-7,11-12,15-16H,8-10H2,1-3H3/t15-,16-/m0/s1. The number of alkyl halides is 1. The first-order valence-electron chi connectivity index (χ1n) is 9.91. The van der Waals surface area contributed by atoms with E-state index in [1.165, 1.54) is 27.1 Å². The van der Waals surface area contributed by atoms with E-state index in [2.05, 4.69) is 15.3 Å². The first-order chi connectivity index (χ1) is 14.8. The second-order valence-electron chi connectivity index (χ2n) is 7.87. The lowest BCUT2D eigenvalue weighted by Crippen LogP contribution is -2.38. The van der Waals surface area contributed by atoms with E-state index >= 15 is 0 Å². The number of halogens is 1. The normalized spacial score (nSPS) is 18.4. The largest absolute Gasteiger partial charge is 0.443 e. The van der Waals surface area contributed by atoms with E-state index < -0.39 is 18.1 Å². The van der Waals surface area contributed by atoms with Gasteiger partial charge in [0.25, 0.3) is 11.8 Å². The van der Waals surface area contributed by atoms with Crippen LogP contribution < -0.4 is 0 Å². The average Bonchev–Trinajstić information content (AvgIpc) is 3.47. The molecule has 2 amide bonds. The minimum atomic E-state index is -1.16. The van der Waals surface area contributed by atoms with E-state index in [1.807, 2.05) is 31.2 Å². The molecule has 0 saturated carbocycles. The molecule has 0 aliphatic carbocycles. The zero-order chi connectivity index (χ0) is 22.1. The van der Waals surface area contributed by atoms with Crippen LogP contribution in [-0.2, 0) is 6.54 Å². The summed E-state index contributed by atoms with van der Waals surface area (Å²) < 4.78 is 21.3. The lowest BCUT2D eigenvalue weighted by molar-refractivity contribution is 0.0709. The van der Waals surface area contributed by atoms with Crippen molar-refractivity contribution in [2.24, 2.45) is 0 Å². The summed E-state index contributed by atoms with van der Waals surface area (Å²) in [6.45, 7) is 2.12. The van der Waals surface area contributed by atoms with Crippen LogP contribution in [0.25, 0.3) is 11.3 Å². The van der Waals surface area contributed by atoms with Crippen molar-refractivity contribution < 1.29 is 18.4 Å². The van der Waals surface area contributed by atoms with Crippen LogP contribution in [0.4, 0.5) is 4.39 Å². The molecule has 1 fully saturated rings. The van der Waals surface area contributed by atoms with Crippen LogP contribution in [0.15, 0.2) is 41.3 Å². The molecule has 1 aliphatic rings. The van der Waals surface area contributed by atoms with Crippen molar-refractivity contribution in [3.05, 3.63) is 53.8 Å². The molecule has 0 spiro atoms. The van der Waals surface area contributed by atoms with Gasteiger partial charge in [-0.15, -0.1) is 5.10 Å². The topological polar surface area (TPSA) is 97.4 Å². The number of rotatable bonds is 5. The predicted octanol–water partition coefficient (Wildman–Crippen LogP) is 2.20. The minimum absolute atomic E-state index is 0.0399. The van der Waals surface area contributed by atoms with E-state index in [1.54, 1.807) is 14.1 Å². The van der Waals surface area contributed by atoms with Crippen LogP contribution in [0.1, 0.15) is 33.0 Å². The smallest absolute Gasteiger partial charge is 0.276 e. The number of aromatic nitrogens is 4. The fourth-order valence-corrected chi connectivity index (χ4v) is 3.74. The van der Waals surface area contributed by atoms with Gasteiger partial charge in [-0.05, 0) is 13.0 Å². The van der Waals surface area contributed by atoms with Gasteiger partial charge in [-0.1, -0.05) is 29.0 Å². The fourth-order valence-electron chi connectivity index (χ4n) is 3.74. The maximum absolute atomic E-state index is 14.3. The molecule has 0 radical (unpaired) electrons. The van der Waals surface area contributed by atoms with Crippen LogP contribution in [0.3, 0.4) is 0 Å². The van der Waals surface area contributed by atoms with Crippen LogP contribution in [0, 0.1) is 6.92 Å². The van der Waals surface area contributed by atoms with E-state index in [0.717, 1.165) is 11.1 Å². The Morgan fingerprint density at radius 3 is 2.87 bits per heavy atom. The van der Waals surface area contributed by atoms with Gasteiger partial charge >= 0.3 is 0 Å². The van der Waals surface area contributed by atoms with Crippen molar-refractivity contribution in [1.82, 2.24) is 29.8 Å². The molecule has 3 heterocycles. The molecule has 10 heteroatoms. The average molecular weight is 426 g/mol. The Morgan fingerprint density at radius 1 is 1.32 bits per heavy atom. The third kappa shape index (κ3) is 4.18. The van der Waals surface area contributed by atoms with Crippen molar-refractivity contribution in [1.29, 1.82) is 0 Å². The van der Waals surface area contributed by atoms with Crippen molar-refractivity contribution in [2.75, 3.05) is 20.6 Å². The zero-order valence-electron chi connectivity index (χ0n) is 17.5. The minimum Gasteiger partial charge on any atom is -0.443 e. The number of carbonyl (C=O) groups is 2. The molecular weight excluding hydrogens is 403 g/mol. The van der Waals surface area contributed by atoms with Gasteiger partial charge in [0, 0.05) is 26.1 Å². The summed E-state index contributed by atoms with van der Waals surface area (Å²) in [6.07, 6.45) is 1.74. The third-order valence-electron chi connectivity index (χ3n) is 5.24. The number of oxazole rings is 1. The summed E-state index contributed by atoms with van der Waals surface area (Å²) in [5, 5.41) is 7.84. The van der Waals surface area contributed by atoms with Gasteiger partial charge < -0.3 is 14.2 Å². The highest BCUT2D eigenvalue weighted by Gasteiger charge is 2.38. The molecule has 3 aromatic rings. The van der Waals surface area contributed by atoms with Crippen LogP contribution in [0.2, 0.25) is 0 Å². The third-order valence-corrected chi connectivity index (χ3v) is 5.24. The molecule has 162 valence electrons. The summed E-state index contributed by atoms with van der Waals surface area (Å²) in [6, 6.07) is 7.10. The lowest BCUT2D eigenvalue weighted by atomic mass is 10.1. The zero-order valence-corrected chi connectivity index (χ0v) is 17.5. The van der Waals surface area contributed by atoms with E-state index in [9.17, 15) is 14.0 Å². The predicted molar refractivity (Wildman–Crippen MR) is 109 cm³/mol. The first kappa shape index (κ1) is 20.7. The lowest BCUT2D eigenvalue weighted by Gasteiger charge is -2.23. The molecule has 1 aromatic carbocycles. The number of aryl methyl sites for hydroxylation is 1. The Kier molecular flexibility index (Phi) is 5.53. The molecule has 31 heavy (non-hydrogen) atoms. The van der Waals surface area contributed by atoms with Crippen molar-refractivity contribution in [3.8, 4) is 11.3 Å². The number of benzene rings is 1. The molecule has 0 bridgehead atoms. The molecule has 1 saturated heterocycles. The first-order valence-corrected chi connectivity index (χ1v) is 9.91. The Balaban J connectivity index is 1.56. The SMILES string of the molecule is Cc1cccc(-c2ocnc2C(=O)N2C[C@@H](F)C[C@H]2Cn2cc(C(=O)N(C)C)nn2)c1. The van der Waals surface area contributed by atoms with Gasteiger partial charge in [0.2, 0.25) is 0 Å². The maximum atomic E-state index is 14.3. The Bertz CT molecular complexity index is 1110. The van der Waals surface area contributed by atoms with E-state index in [0.29, 0.717) is 5.76 Å². The van der Waals surface area contributed by atoms with E-state index in [-0.39, 0.29) is 36.8 Å². The summed E-state index contributed by atoms with van der Waals surface area (Å²) in [5.41, 5.74) is 2.09. The Labute approximate surface area is 178 Å². The summed E-state index contributed by atoms with van der Waals surface area (Å²) >= 11 is 0. The Hall–Kier alpha value is -3.56. The number of carbonyl (C=O) groups excluding carboxylic acids is 2. The van der Waals surface area contributed by atoms with Crippen LogP contribution in [-0.4, -0.2) is 74.4 Å². The highest BCUT2D eigenvalue weighted by Crippen LogP contribution is 2.29. The van der Waals surface area contributed by atoms with Crippen molar-refractivity contribution in [2.45, 2.75) is 32.1 Å². The monoisotopic (exact) mass is 426 g/mol. The second kappa shape index (κ2) is 8.29. The van der Waals surface area contributed by atoms with Gasteiger partial charge in [0.05, 0.1) is 25.3 Å². The van der Waals surface area contributed by atoms with Gasteiger partial charge in [-0.2, -0.15) is 0 Å². The Morgan fingerprint density at radius 2 is 2.13 bits per heavy atom.